The minimum absolute atomic E-state index is 0.0618. The second-order valence-corrected chi connectivity index (χ2v) is 10.5. The van der Waals surface area contributed by atoms with Crippen LogP contribution in [0.3, 0.4) is 0 Å². The Morgan fingerprint density at radius 2 is 1.48 bits per heavy atom. The van der Waals surface area contributed by atoms with Crippen molar-refractivity contribution >= 4 is 10.0 Å². The van der Waals surface area contributed by atoms with Crippen molar-refractivity contribution in [3.05, 3.63) is 76.7 Å². The molecule has 0 radical (unpaired) electrons. The van der Waals surface area contributed by atoms with Crippen LogP contribution >= 0.6 is 0 Å². The molecule has 2 aromatic carbocycles. The van der Waals surface area contributed by atoms with Gasteiger partial charge in [0.05, 0.1) is 25.1 Å². The summed E-state index contributed by atoms with van der Waals surface area (Å²) in [6.07, 6.45) is 1.81. The largest absolute Gasteiger partial charge is 0.497 e. The van der Waals surface area contributed by atoms with Gasteiger partial charge >= 0.3 is 0 Å². The first-order chi connectivity index (χ1) is 15.8. The highest BCUT2D eigenvalue weighted by Crippen LogP contribution is 2.35. The molecule has 5 rings (SSSR count). The fourth-order valence-corrected chi connectivity index (χ4v) is 5.67. The van der Waals surface area contributed by atoms with Crippen molar-refractivity contribution in [3.8, 4) is 22.6 Å². The molecule has 0 amide bonds. The molecule has 2 heterocycles. The number of rotatable bonds is 7. The summed E-state index contributed by atoms with van der Waals surface area (Å²) in [6, 6.07) is 18.1. The normalized spacial score (nSPS) is 16.9. The summed E-state index contributed by atoms with van der Waals surface area (Å²) in [4.78, 5) is 12.6. The Kier molecular flexibility index (Phi) is 5.50. The third-order valence-corrected chi connectivity index (χ3v) is 8.02. The molecule has 33 heavy (non-hydrogen) atoms. The molecule has 2 aliphatic rings. The van der Waals surface area contributed by atoms with Gasteiger partial charge in [-0.3, -0.25) is 4.79 Å². The lowest BCUT2D eigenvalue weighted by molar-refractivity contribution is 0.0758. The molecule has 0 bridgehead atoms. The van der Waals surface area contributed by atoms with Gasteiger partial charge in [0.2, 0.25) is 10.0 Å². The van der Waals surface area contributed by atoms with Crippen LogP contribution in [0.2, 0.25) is 0 Å². The molecule has 8 heteroatoms. The maximum absolute atomic E-state index is 13.0. The van der Waals surface area contributed by atoms with Crippen LogP contribution in [0.4, 0.5) is 0 Å². The quantitative estimate of drug-likeness (QED) is 0.532. The molecular weight excluding hydrogens is 440 g/mol. The number of pyridine rings is 1. The Bertz CT molecular complexity index is 1320. The van der Waals surface area contributed by atoms with E-state index in [0.29, 0.717) is 11.8 Å². The number of hydrogen-bond donors (Lipinski definition) is 0. The van der Waals surface area contributed by atoms with E-state index >= 15 is 0 Å². The van der Waals surface area contributed by atoms with Gasteiger partial charge in [-0.25, -0.2) is 8.42 Å². The molecule has 1 saturated heterocycles. The third kappa shape index (κ3) is 4.28. The van der Waals surface area contributed by atoms with E-state index in [1.165, 1.54) is 10.4 Å². The summed E-state index contributed by atoms with van der Waals surface area (Å²) in [5.74, 6) is 1.27. The van der Waals surface area contributed by atoms with E-state index in [1.54, 1.807) is 35.9 Å². The molecule has 0 N–H and O–H groups in total. The minimum Gasteiger partial charge on any atom is -0.497 e. The van der Waals surface area contributed by atoms with Crippen LogP contribution in [-0.4, -0.2) is 43.6 Å². The van der Waals surface area contributed by atoms with Gasteiger partial charge in [-0.2, -0.15) is 4.31 Å². The lowest BCUT2D eigenvalue weighted by Crippen LogP contribution is -2.56. The van der Waals surface area contributed by atoms with Crippen LogP contribution < -0.4 is 15.0 Å². The standard InChI is InChI=1S/C25H26N2O5S/c1-17-13-22(14-25(28)27(17)20-7-8-20)32-23-15-26(16-23)33(29,30)24-11-5-19(6-12-24)18-3-9-21(31-2)10-4-18/h3-6,9-14,20,23H,7-8,15-16H2,1-2H3. The highest BCUT2D eigenvalue weighted by Gasteiger charge is 2.38. The molecule has 0 spiro atoms. The first-order valence-corrected chi connectivity index (χ1v) is 12.4. The minimum atomic E-state index is -3.60. The van der Waals surface area contributed by atoms with Gasteiger partial charge in [-0.1, -0.05) is 24.3 Å². The second kappa shape index (κ2) is 8.35. The van der Waals surface area contributed by atoms with Gasteiger partial charge in [0, 0.05) is 17.8 Å². The average Bonchev–Trinajstić information content (AvgIpc) is 3.60. The van der Waals surface area contributed by atoms with Gasteiger partial charge in [0.25, 0.3) is 5.56 Å². The van der Waals surface area contributed by atoms with E-state index in [1.807, 2.05) is 37.3 Å². The molecule has 0 atom stereocenters. The van der Waals surface area contributed by atoms with Crippen molar-refractivity contribution in [2.45, 2.75) is 36.8 Å². The van der Waals surface area contributed by atoms with Crippen molar-refractivity contribution < 1.29 is 17.9 Å². The molecular formula is C25H26N2O5S. The number of benzene rings is 2. The summed E-state index contributed by atoms with van der Waals surface area (Å²) in [7, 11) is -1.98. The van der Waals surface area contributed by atoms with Crippen molar-refractivity contribution in [3.63, 3.8) is 0 Å². The summed E-state index contributed by atoms with van der Waals surface area (Å²) in [5.41, 5.74) is 2.72. The van der Waals surface area contributed by atoms with E-state index in [4.69, 9.17) is 9.47 Å². The molecule has 3 aromatic rings. The maximum Gasteiger partial charge on any atom is 0.254 e. The van der Waals surface area contributed by atoms with E-state index in [9.17, 15) is 13.2 Å². The number of ether oxygens (including phenoxy) is 2. The fraction of sp³-hybridized carbons (Fsp3) is 0.320. The lowest BCUT2D eigenvalue weighted by atomic mass is 10.1. The number of methoxy groups -OCH3 is 1. The summed E-state index contributed by atoms with van der Waals surface area (Å²) >= 11 is 0. The zero-order valence-electron chi connectivity index (χ0n) is 18.6. The van der Waals surface area contributed by atoms with Gasteiger partial charge in [0.1, 0.15) is 17.6 Å². The first-order valence-electron chi connectivity index (χ1n) is 11.0. The third-order valence-electron chi connectivity index (χ3n) is 6.18. The summed E-state index contributed by atoms with van der Waals surface area (Å²) in [6.45, 7) is 2.42. The van der Waals surface area contributed by atoms with Crippen LogP contribution in [0, 0.1) is 6.92 Å². The van der Waals surface area contributed by atoms with E-state index in [2.05, 4.69) is 0 Å². The Hall–Kier alpha value is -3.10. The predicted molar refractivity (Wildman–Crippen MR) is 125 cm³/mol. The molecule has 172 valence electrons. The van der Waals surface area contributed by atoms with Crippen molar-refractivity contribution in [1.82, 2.24) is 8.87 Å². The van der Waals surface area contributed by atoms with Crippen molar-refractivity contribution in [1.29, 1.82) is 0 Å². The Morgan fingerprint density at radius 1 is 0.879 bits per heavy atom. The molecule has 0 unspecified atom stereocenters. The number of aromatic nitrogens is 1. The summed E-state index contributed by atoms with van der Waals surface area (Å²) in [5, 5.41) is 0. The number of sulfonamides is 1. The number of aryl methyl sites for hydroxylation is 1. The van der Waals surface area contributed by atoms with Crippen molar-refractivity contribution in [2.24, 2.45) is 0 Å². The van der Waals surface area contributed by atoms with E-state index in [0.717, 1.165) is 35.4 Å². The molecule has 7 nitrogen and oxygen atoms in total. The highest BCUT2D eigenvalue weighted by molar-refractivity contribution is 7.89. The molecule has 2 fully saturated rings. The Morgan fingerprint density at radius 3 is 2.03 bits per heavy atom. The SMILES string of the molecule is COc1ccc(-c2ccc(S(=O)(=O)N3CC(Oc4cc(C)n(C5CC5)c(=O)c4)C3)cc2)cc1. The van der Waals surface area contributed by atoms with Crippen LogP contribution in [0.15, 0.2) is 70.4 Å². The van der Waals surface area contributed by atoms with E-state index in [-0.39, 0.29) is 29.6 Å². The van der Waals surface area contributed by atoms with Crippen LogP contribution in [-0.2, 0) is 10.0 Å². The monoisotopic (exact) mass is 466 g/mol. The lowest BCUT2D eigenvalue weighted by Gasteiger charge is -2.37. The zero-order valence-corrected chi connectivity index (χ0v) is 19.4. The first kappa shape index (κ1) is 21.7. The smallest absolute Gasteiger partial charge is 0.254 e. The second-order valence-electron chi connectivity index (χ2n) is 8.59. The average molecular weight is 467 g/mol. The van der Waals surface area contributed by atoms with Gasteiger partial charge in [-0.05, 0) is 61.2 Å². The zero-order chi connectivity index (χ0) is 23.2. The molecule has 1 aliphatic carbocycles. The fourth-order valence-electron chi connectivity index (χ4n) is 4.17. The maximum atomic E-state index is 13.0. The van der Waals surface area contributed by atoms with E-state index < -0.39 is 10.0 Å². The van der Waals surface area contributed by atoms with Gasteiger partial charge < -0.3 is 14.0 Å². The highest BCUT2D eigenvalue weighted by atomic mass is 32.2. The Balaban J connectivity index is 1.23. The Labute approximate surface area is 193 Å². The van der Waals surface area contributed by atoms with Crippen LogP contribution in [0.1, 0.15) is 24.6 Å². The topological polar surface area (TPSA) is 77.8 Å². The number of hydrogen-bond acceptors (Lipinski definition) is 5. The molecule has 1 saturated carbocycles. The summed E-state index contributed by atoms with van der Waals surface area (Å²) < 4.78 is 40.2. The predicted octanol–water partition coefficient (Wildman–Crippen LogP) is 3.62. The molecule has 1 aliphatic heterocycles. The van der Waals surface area contributed by atoms with Gasteiger partial charge in [0.15, 0.2) is 0 Å². The van der Waals surface area contributed by atoms with Gasteiger partial charge in [-0.15, -0.1) is 0 Å². The van der Waals surface area contributed by atoms with Crippen molar-refractivity contribution in [2.75, 3.05) is 20.2 Å². The van der Waals surface area contributed by atoms with Crippen LogP contribution in [0.25, 0.3) is 11.1 Å². The van der Waals surface area contributed by atoms with Crippen LogP contribution in [0.5, 0.6) is 11.5 Å². The number of nitrogens with zero attached hydrogens (tertiary/aromatic N) is 2. The molecule has 1 aromatic heterocycles.